The van der Waals surface area contributed by atoms with Gasteiger partial charge in [-0.2, -0.15) is 0 Å². The molecule has 0 saturated carbocycles. The Morgan fingerprint density at radius 3 is 2.52 bits per heavy atom. The maximum absolute atomic E-state index is 12.8. The summed E-state index contributed by atoms with van der Waals surface area (Å²) in [6, 6.07) is 5.55. The van der Waals surface area contributed by atoms with Crippen LogP contribution in [0.2, 0.25) is 0 Å². The highest BCUT2D eigenvalue weighted by atomic mass is 32.1. The zero-order valence-electron chi connectivity index (χ0n) is 12.1. The van der Waals surface area contributed by atoms with Gasteiger partial charge in [-0.25, -0.2) is 9.37 Å². The predicted octanol–water partition coefficient (Wildman–Crippen LogP) is 3.81. The molecule has 112 valence electrons. The van der Waals surface area contributed by atoms with Gasteiger partial charge in [0.2, 0.25) is 0 Å². The molecule has 0 aliphatic heterocycles. The first-order chi connectivity index (χ1) is 9.95. The first-order valence-corrected chi connectivity index (χ1v) is 7.52. The van der Waals surface area contributed by atoms with Gasteiger partial charge in [0.25, 0.3) is 5.91 Å². The van der Waals surface area contributed by atoms with E-state index in [2.05, 4.69) is 10.3 Å². The van der Waals surface area contributed by atoms with Gasteiger partial charge in [-0.1, -0.05) is 13.8 Å². The number of benzene rings is 1. The minimum Gasteiger partial charge on any atom is -0.481 e. The van der Waals surface area contributed by atoms with Gasteiger partial charge >= 0.3 is 0 Å². The standard InChI is InChI=1S/C15H17FN2O2S/c1-9(2)13-8-21-15(17-13)18-14(19)10(3)20-12-6-4-11(16)5-7-12/h4-10H,1-3H3,(H,17,18,19). The molecule has 1 unspecified atom stereocenters. The van der Waals surface area contributed by atoms with Crippen LogP contribution in [0.4, 0.5) is 9.52 Å². The average Bonchev–Trinajstić information content (AvgIpc) is 2.90. The number of anilines is 1. The van der Waals surface area contributed by atoms with Gasteiger partial charge in [-0.05, 0) is 37.1 Å². The third kappa shape index (κ3) is 4.26. The topological polar surface area (TPSA) is 51.2 Å². The molecule has 0 spiro atoms. The number of carbonyl (C=O) groups is 1. The minimum absolute atomic E-state index is 0.288. The second kappa shape index (κ2) is 6.67. The van der Waals surface area contributed by atoms with Crippen molar-refractivity contribution in [3.8, 4) is 5.75 Å². The highest BCUT2D eigenvalue weighted by molar-refractivity contribution is 7.13. The average molecular weight is 308 g/mol. The van der Waals surface area contributed by atoms with Gasteiger partial charge in [0, 0.05) is 5.38 Å². The molecule has 6 heteroatoms. The van der Waals surface area contributed by atoms with E-state index in [1.165, 1.54) is 35.6 Å². The van der Waals surface area contributed by atoms with Crippen LogP contribution in [0.3, 0.4) is 0 Å². The molecule has 0 saturated heterocycles. The Bertz CT molecular complexity index is 610. The Morgan fingerprint density at radius 1 is 1.29 bits per heavy atom. The monoisotopic (exact) mass is 308 g/mol. The van der Waals surface area contributed by atoms with E-state index in [1.54, 1.807) is 6.92 Å². The number of thiazole rings is 1. The summed E-state index contributed by atoms with van der Waals surface area (Å²) in [5, 5.41) is 5.19. The molecule has 0 aliphatic carbocycles. The number of carbonyl (C=O) groups excluding carboxylic acids is 1. The number of hydrogen-bond donors (Lipinski definition) is 1. The Kier molecular flexibility index (Phi) is 4.90. The van der Waals surface area contributed by atoms with Crippen molar-refractivity contribution >= 4 is 22.4 Å². The van der Waals surface area contributed by atoms with Gasteiger partial charge in [0.1, 0.15) is 11.6 Å². The number of rotatable bonds is 5. The number of nitrogens with one attached hydrogen (secondary N) is 1. The molecular weight excluding hydrogens is 291 g/mol. The van der Waals surface area contributed by atoms with Crippen molar-refractivity contribution < 1.29 is 13.9 Å². The second-order valence-electron chi connectivity index (χ2n) is 4.94. The van der Waals surface area contributed by atoms with E-state index < -0.39 is 6.10 Å². The first-order valence-electron chi connectivity index (χ1n) is 6.64. The fourth-order valence-corrected chi connectivity index (χ4v) is 2.46. The molecule has 1 heterocycles. The van der Waals surface area contributed by atoms with Gasteiger partial charge in [0.15, 0.2) is 11.2 Å². The quantitative estimate of drug-likeness (QED) is 0.913. The molecule has 0 bridgehead atoms. The van der Waals surface area contributed by atoms with Crippen molar-refractivity contribution in [1.82, 2.24) is 4.98 Å². The van der Waals surface area contributed by atoms with Crippen LogP contribution in [0.5, 0.6) is 5.75 Å². The molecule has 1 N–H and O–H groups in total. The summed E-state index contributed by atoms with van der Waals surface area (Å²) in [4.78, 5) is 16.4. The van der Waals surface area contributed by atoms with Crippen molar-refractivity contribution in [2.45, 2.75) is 32.8 Å². The van der Waals surface area contributed by atoms with Crippen molar-refractivity contribution in [2.75, 3.05) is 5.32 Å². The minimum atomic E-state index is -0.693. The highest BCUT2D eigenvalue weighted by Crippen LogP contribution is 2.22. The SMILES string of the molecule is CC(Oc1ccc(F)cc1)C(=O)Nc1nc(C(C)C)cs1. The van der Waals surface area contributed by atoms with Crippen molar-refractivity contribution in [1.29, 1.82) is 0 Å². The summed E-state index contributed by atoms with van der Waals surface area (Å²) >= 11 is 1.38. The molecule has 0 radical (unpaired) electrons. The molecule has 4 nitrogen and oxygen atoms in total. The Balaban J connectivity index is 1.94. The summed E-state index contributed by atoms with van der Waals surface area (Å²) in [5.74, 6) is 0.133. The molecule has 21 heavy (non-hydrogen) atoms. The molecule has 2 rings (SSSR count). The molecule has 2 aromatic rings. The third-order valence-corrected chi connectivity index (χ3v) is 3.62. The van der Waals surface area contributed by atoms with Crippen LogP contribution in [0.25, 0.3) is 0 Å². The summed E-state index contributed by atoms with van der Waals surface area (Å²) in [6.07, 6.45) is -0.693. The Labute approximate surface area is 127 Å². The fraction of sp³-hybridized carbons (Fsp3) is 0.333. The normalized spacial score (nSPS) is 12.2. The maximum atomic E-state index is 12.8. The van der Waals surface area contributed by atoms with E-state index in [1.807, 2.05) is 19.2 Å². The van der Waals surface area contributed by atoms with Crippen molar-refractivity contribution in [3.05, 3.63) is 41.2 Å². The molecule has 1 atom stereocenters. The maximum Gasteiger partial charge on any atom is 0.266 e. The predicted molar refractivity (Wildman–Crippen MR) is 81.3 cm³/mol. The Hall–Kier alpha value is -1.95. The summed E-state index contributed by atoms with van der Waals surface area (Å²) in [5.41, 5.74) is 0.947. The van der Waals surface area contributed by atoms with Crippen molar-refractivity contribution in [3.63, 3.8) is 0 Å². The zero-order chi connectivity index (χ0) is 15.4. The van der Waals surface area contributed by atoms with Gasteiger partial charge < -0.3 is 4.74 Å². The summed E-state index contributed by atoms with van der Waals surface area (Å²) < 4.78 is 18.3. The number of ether oxygens (including phenoxy) is 1. The molecular formula is C15H17FN2O2S. The van der Waals surface area contributed by atoms with Crippen molar-refractivity contribution in [2.24, 2.45) is 0 Å². The molecule has 1 aromatic heterocycles. The van der Waals surface area contributed by atoms with Crippen LogP contribution >= 0.6 is 11.3 Å². The van der Waals surface area contributed by atoms with E-state index >= 15 is 0 Å². The third-order valence-electron chi connectivity index (χ3n) is 2.84. The van der Waals surface area contributed by atoms with Crippen LogP contribution in [-0.4, -0.2) is 17.0 Å². The fourth-order valence-electron chi connectivity index (χ4n) is 1.59. The lowest BCUT2D eigenvalue weighted by Crippen LogP contribution is -2.30. The molecule has 1 amide bonds. The van der Waals surface area contributed by atoms with Gasteiger partial charge in [-0.15, -0.1) is 11.3 Å². The van der Waals surface area contributed by atoms with Crippen LogP contribution in [0.15, 0.2) is 29.6 Å². The van der Waals surface area contributed by atoms with E-state index in [4.69, 9.17) is 4.74 Å². The Morgan fingerprint density at radius 2 is 1.95 bits per heavy atom. The zero-order valence-corrected chi connectivity index (χ0v) is 12.9. The number of amides is 1. The lowest BCUT2D eigenvalue weighted by atomic mass is 10.2. The molecule has 1 aromatic carbocycles. The lowest BCUT2D eigenvalue weighted by molar-refractivity contribution is -0.122. The molecule has 0 fully saturated rings. The van der Waals surface area contributed by atoms with Crippen LogP contribution in [0.1, 0.15) is 32.4 Å². The number of aromatic nitrogens is 1. The number of hydrogen-bond acceptors (Lipinski definition) is 4. The highest BCUT2D eigenvalue weighted by Gasteiger charge is 2.17. The number of nitrogens with zero attached hydrogens (tertiary/aromatic N) is 1. The first kappa shape index (κ1) is 15.4. The molecule has 0 aliphatic rings. The van der Waals surface area contributed by atoms with Crippen LogP contribution in [0, 0.1) is 5.82 Å². The van der Waals surface area contributed by atoms with Crippen LogP contribution < -0.4 is 10.1 Å². The summed E-state index contributed by atoms with van der Waals surface area (Å²) in [6.45, 7) is 5.72. The largest absolute Gasteiger partial charge is 0.481 e. The smallest absolute Gasteiger partial charge is 0.266 e. The van der Waals surface area contributed by atoms with Crippen LogP contribution in [-0.2, 0) is 4.79 Å². The van der Waals surface area contributed by atoms with E-state index in [9.17, 15) is 9.18 Å². The lowest BCUT2D eigenvalue weighted by Gasteiger charge is -2.13. The van der Waals surface area contributed by atoms with E-state index in [0.717, 1.165) is 5.69 Å². The summed E-state index contributed by atoms with van der Waals surface area (Å²) in [7, 11) is 0. The van der Waals surface area contributed by atoms with E-state index in [0.29, 0.717) is 16.8 Å². The number of halogens is 1. The van der Waals surface area contributed by atoms with E-state index in [-0.39, 0.29) is 11.7 Å². The second-order valence-corrected chi connectivity index (χ2v) is 5.79. The van der Waals surface area contributed by atoms with Gasteiger partial charge in [0.05, 0.1) is 5.69 Å². The van der Waals surface area contributed by atoms with Gasteiger partial charge in [-0.3, -0.25) is 10.1 Å².